The topological polar surface area (TPSA) is 28.2 Å². The number of rotatable bonds is 3. The third-order valence-corrected chi connectivity index (χ3v) is 4.98. The van der Waals surface area contributed by atoms with Gasteiger partial charge in [0.05, 0.1) is 0 Å². The van der Waals surface area contributed by atoms with Crippen LogP contribution in [0.1, 0.15) is 33.3 Å². The van der Waals surface area contributed by atoms with Gasteiger partial charge >= 0.3 is 0 Å². The molecule has 0 radical (unpaired) electrons. The second-order valence-electron chi connectivity index (χ2n) is 6.36. The van der Waals surface area contributed by atoms with E-state index in [1.807, 2.05) is 18.0 Å². The Kier molecular flexibility index (Phi) is 5.37. The van der Waals surface area contributed by atoms with Crippen molar-refractivity contribution in [2.24, 2.45) is 0 Å². The van der Waals surface area contributed by atoms with Gasteiger partial charge in [0.25, 0.3) is 0 Å². The molecule has 2 rings (SSSR count). The van der Waals surface area contributed by atoms with Gasteiger partial charge in [-0.3, -0.25) is 0 Å². The first kappa shape index (κ1) is 16.1. The molecule has 0 saturated carbocycles. The summed E-state index contributed by atoms with van der Waals surface area (Å²) in [6, 6.07) is 2.74. The molecule has 0 spiro atoms. The fraction of sp³-hybridized carbons (Fsp3) is 0.667. The summed E-state index contributed by atoms with van der Waals surface area (Å²) in [5.41, 5.74) is 1.39. The molecule has 1 saturated heterocycles. The summed E-state index contributed by atoms with van der Waals surface area (Å²) in [5.74, 6) is 3.51. The van der Waals surface area contributed by atoms with Gasteiger partial charge in [-0.25, -0.2) is 4.98 Å². The van der Waals surface area contributed by atoms with Crippen molar-refractivity contribution >= 4 is 33.5 Å². The molecule has 1 aliphatic rings. The average molecular weight is 358 g/mol. The number of aromatic nitrogens is 1. The van der Waals surface area contributed by atoms with Crippen LogP contribution in [0.4, 0.5) is 5.82 Å². The summed E-state index contributed by atoms with van der Waals surface area (Å²) in [6.45, 7) is 10.8. The number of anilines is 1. The number of halogens is 1. The van der Waals surface area contributed by atoms with E-state index in [-0.39, 0.29) is 5.54 Å². The molecular weight excluding hydrogens is 334 g/mol. The first-order valence-electron chi connectivity index (χ1n) is 7.10. The Morgan fingerprint density at radius 3 is 2.90 bits per heavy atom. The highest BCUT2D eigenvalue weighted by Crippen LogP contribution is 2.27. The van der Waals surface area contributed by atoms with E-state index < -0.39 is 0 Å². The molecule has 1 aromatic rings. The van der Waals surface area contributed by atoms with E-state index in [1.54, 1.807) is 0 Å². The van der Waals surface area contributed by atoms with Crippen LogP contribution in [0.2, 0.25) is 0 Å². The van der Waals surface area contributed by atoms with E-state index in [0.29, 0.717) is 6.04 Å². The number of nitrogens with zero attached hydrogens (tertiary/aromatic N) is 2. The van der Waals surface area contributed by atoms with Crippen LogP contribution in [0.15, 0.2) is 16.7 Å². The van der Waals surface area contributed by atoms with Crippen LogP contribution >= 0.6 is 27.7 Å². The minimum Gasteiger partial charge on any atom is -0.352 e. The summed E-state index contributed by atoms with van der Waals surface area (Å²) < 4.78 is 1.05. The zero-order valence-corrected chi connectivity index (χ0v) is 15.1. The van der Waals surface area contributed by atoms with Crippen LogP contribution in [0, 0.1) is 0 Å². The van der Waals surface area contributed by atoms with Gasteiger partial charge in [0.2, 0.25) is 0 Å². The van der Waals surface area contributed by atoms with Gasteiger partial charge in [0.15, 0.2) is 0 Å². The van der Waals surface area contributed by atoms with Crippen molar-refractivity contribution in [3.8, 4) is 0 Å². The first-order chi connectivity index (χ1) is 9.37. The van der Waals surface area contributed by atoms with E-state index in [2.05, 4.69) is 64.9 Å². The van der Waals surface area contributed by atoms with Crippen LogP contribution in [0.5, 0.6) is 0 Å². The van der Waals surface area contributed by atoms with E-state index in [1.165, 1.54) is 17.1 Å². The molecule has 1 aromatic heterocycles. The molecule has 1 atom stereocenters. The van der Waals surface area contributed by atoms with Gasteiger partial charge in [-0.2, -0.15) is 11.8 Å². The molecule has 2 heterocycles. The predicted octanol–water partition coefficient (Wildman–Crippen LogP) is 3.67. The van der Waals surface area contributed by atoms with E-state index in [4.69, 9.17) is 0 Å². The maximum atomic E-state index is 4.68. The van der Waals surface area contributed by atoms with E-state index in [9.17, 15) is 0 Å². The molecule has 0 aliphatic carbocycles. The van der Waals surface area contributed by atoms with Gasteiger partial charge < -0.3 is 10.2 Å². The summed E-state index contributed by atoms with van der Waals surface area (Å²) in [6.07, 6.45) is 1.91. The summed E-state index contributed by atoms with van der Waals surface area (Å²) >= 11 is 5.58. The number of hydrogen-bond donors (Lipinski definition) is 1. The summed E-state index contributed by atoms with van der Waals surface area (Å²) in [5, 5.41) is 3.57. The lowest BCUT2D eigenvalue weighted by Gasteiger charge is -2.35. The Balaban J connectivity index is 2.23. The quantitative estimate of drug-likeness (QED) is 0.892. The van der Waals surface area contributed by atoms with Crippen molar-refractivity contribution in [1.82, 2.24) is 10.3 Å². The van der Waals surface area contributed by atoms with Gasteiger partial charge in [-0.1, -0.05) is 0 Å². The first-order valence-corrected chi connectivity index (χ1v) is 9.05. The number of pyridine rings is 1. The van der Waals surface area contributed by atoms with Crippen molar-refractivity contribution in [2.45, 2.75) is 45.8 Å². The Hall–Kier alpha value is -0.260. The summed E-state index contributed by atoms with van der Waals surface area (Å²) in [4.78, 5) is 7.13. The molecule has 3 nitrogen and oxygen atoms in total. The number of hydrogen-bond acceptors (Lipinski definition) is 4. The van der Waals surface area contributed by atoms with Crippen LogP contribution in [-0.2, 0) is 6.54 Å². The van der Waals surface area contributed by atoms with Gasteiger partial charge in [-0.15, -0.1) is 0 Å². The van der Waals surface area contributed by atoms with Gasteiger partial charge in [0, 0.05) is 52.4 Å². The van der Waals surface area contributed by atoms with Crippen LogP contribution in [0.25, 0.3) is 0 Å². The molecule has 112 valence electrons. The van der Waals surface area contributed by atoms with Crippen molar-refractivity contribution < 1.29 is 0 Å². The Morgan fingerprint density at radius 1 is 1.50 bits per heavy atom. The average Bonchev–Trinajstić information content (AvgIpc) is 2.37. The number of nitrogens with one attached hydrogen (secondary N) is 1. The van der Waals surface area contributed by atoms with Gasteiger partial charge in [0.1, 0.15) is 5.82 Å². The van der Waals surface area contributed by atoms with E-state index in [0.717, 1.165) is 23.4 Å². The smallest absolute Gasteiger partial charge is 0.133 e. The molecule has 1 unspecified atom stereocenters. The van der Waals surface area contributed by atoms with Crippen molar-refractivity contribution in [2.75, 3.05) is 23.0 Å². The van der Waals surface area contributed by atoms with Gasteiger partial charge in [-0.05, 0) is 49.7 Å². The minimum atomic E-state index is 0.114. The maximum Gasteiger partial charge on any atom is 0.133 e. The maximum absolute atomic E-state index is 4.68. The molecule has 20 heavy (non-hydrogen) atoms. The zero-order valence-electron chi connectivity index (χ0n) is 12.7. The number of thioether (sulfide) groups is 1. The standard InChI is InChI=1S/C15H24BrN3S/c1-11-10-20-6-5-19(11)14-12(7-13(16)9-17-14)8-18-15(2,3)4/h7,9,11,18H,5-6,8,10H2,1-4H3. The zero-order chi connectivity index (χ0) is 14.8. The molecule has 5 heteroatoms. The summed E-state index contributed by atoms with van der Waals surface area (Å²) in [7, 11) is 0. The molecule has 0 amide bonds. The lowest BCUT2D eigenvalue weighted by molar-refractivity contribution is 0.423. The molecule has 1 aliphatic heterocycles. The second-order valence-corrected chi connectivity index (χ2v) is 8.42. The van der Waals surface area contributed by atoms with Crippen LogP contribution in [0.3, 0.4) is 0 Å². The normalized spacial score (nSPS) is 20.2. The highest BCUT2D eigenvalue weighted by atomic mass is 79.9. The van der Waals surface area contributed by atoms with Crippen LogP contribution in [-0.4, -0.2) is 34.6 Å². The highest BCUT2D eigenvalue weighted by molar-refractivity contribution is 9.10. The Labute approximate surface area is 135 Å². The third kappa shape index (κ3) is 4.37. The van der Waals surface area contributed by atoms with Crippen LogP contribution < -0.4 is 10.2 Å². The van der Waals surface area contributed by atoms with Crippen molar-refractivity contribution in [1.29, 1.82) is 0 Å². The lowest BCUT2D eigenvalue weighted by Crippen LogP contribution is -2.42. The molecule has 0 bridgehead atoms. The predicted molar refractivity (Wildman–Crippen MR) is 92.7 cm³/mol. The largest absolute Gasteiger partial charge is 0.352 e. The Bertz CT molecular complexity index is 459. The highest BCUT2D eigenvalue weighted by Gasteiger charge is 2.23. The Morgan fingerprint density at radius 2 is 2.25 bits per heavy atom. The lowest BCUT2D eigenvalue weighted by atomic mass is 10.1. The fourth-order valence-electron chi connectivity index (χ4n) is 2.26. The van der Waals surface area contributed by atoms with E-state index >= 15 is 0 Å². The van der Waals surface area contributed by atoms with Crippen molar-refractivity contribution in [3.05, 3.63) is 22.3 Å². The third-order valence-electron chi connectivity index (χ3n) is 3.36. The second kappa shape index (κ2) is 6.67. The monoisotopic (exact) mass is 357 g/mol. The fourth-order valence-corrected chi connectivity index (χ4v) is 3.66. The molecule has 1 N–H and O–H groups in total. The van der Waals surface area contributed by atoms with Crippen molar-refractivity contribution in [3.63, 3.8) is 0 Å². The molecule has 1 fully saturated rings. The molecular formula is C15H24BrN3S. The minimum absolute atomic E-state index is 0.114. The SMILES string of the molecule is CC1CSCCN1c1ncc(Br)cc1CNC(C)(C)C. The molecule has 0 aromatic carbocycles.